The predicted octanol–water partition coefficient (Wildman–Crippen LogP) is 4.10. The number of Topliss-reactive ketones (excluding diaryl/α,β-unsaturated/α-hetero) is 1. The van der Waals surface area contributed by atoms with Crippen molar-refractivity contribution >= 4 is 23.3 Å². The van der Waals surface area contributed by atoms with Crippen molar-refractivity contribution < 1.29 is 19.1 Å². The number of hydrogen-bond acceptors (Lipinski definition) is 4. The summed E-state index contributed by atoms with van der Waals surface area (Å²) >= 11 is 0. The van der Waals surface area contributed by atoms with E-state index in [2.05, 4.69) is 0 Å². The lowest BCUT2D eigenvalue weighted by molar-refractivity contribution is -0.123. The highest BCUT2D eigenvalue weighted by Crippen LogP contribution is 2.56. The summed E-state index contributed by atoms with van der Waals surface area (Å²) in [6.07, 6.45) is 3.13. The summed E-state index contributed by atoms with van der Waals surface area (Å²) in [6.45, 7) is 3.89. The molecule has 2 bridgehead atoms. The van der Waals surface area contributed by atoms with Gasteiger partial charge in [-0.25, -0.2) is 4.90 Å². The molecule has 0 spiro atoms. The molecule has 2 aromatic carbocycles. The first-order valence-electron chi connectivity index (χ1n) is 10.6. The third-order valence-corrected chi connectivity index (χ3v) is 7.20. The summed E-state index contributed by atoms with van der Waals surface area (Å²) in [5.41, 5.74) is 3.35. The Balaban J connectivity index is 1.31. The van der Waals surface area contributed by atoms with Crippen molar-refractivity contribution in [2.75, 3.05) is 11.5 Å². The molecule has 1 aliphatic heterocycles. The largest absolute Gasteiger partial charge is 0.485 e. The lowest BCUT2D eigenvalue weighted by atomic mass is 9.81. The van der Waals surface area contributed by atoms with Crippen molar-refractivity contribution in [3.8, 4) is 5.75 Å². The van der Waals surface area contributed by atoms with E-state index in [-0.39, 0.29) is 36.0 Å². The third kappa shape index (κ3) is 2.95. The maximum atomic E-state index is 13.0. The number of benzene rings is 2. The maximum absolute atomic E-state index is 13.0. The van der Waals surface area contributed by atoms with Gasteiger partial charge in [0.15, 0.2) is 12.4 Å². The Bertz CT molecular complexity index is 1030. The summed E-state index contributed by atoms with van der Waals surface area (Å²) in [4.78, 5) is 39.9. The van der Waals surface area contributed by atoms with Gasteiger partial charge in [-0.15, -0.1) is 0 Å². The van der Waals surface area contributed by atoms with Crippen molar-refractivity contribution in [3.63, 3.8) is 0 Å². The van der Waals surface area contributed by atoms with Crippen LogP contribution in [0.3, 0.4) is 0 Å². The van der Waals surface area contributed by atoms with Crippen LogP contribution in [0.4, 0.5) is 5.69 Å². The smallest absolute Gasteiger partial charge is 0.237 e. The zero-order chi connectivity index (χ0) is 21.0. The summed E-state index contributed by atoms with van der Waals surface area (Å²) in [5.74, 6) is 0.654. The molecule has 1 heterocycles. The Morgan fingerprint density at radius 1 is 0.967 bits per heavy atom. The summed E-state index contributed by atoms with van der Waals surface area (Å²) < 4.78 is 5.71. The highest BCUT2D eigenvalue weighted by atomic mass is 16.5. The molecule has 0 unspecified atom stereocenters. The second kappa shape index (κ2) is 7.08. The molecule has 2 saturated carbocycles. The molecule has 2 amide bonds. The summed E-state index contributed by atoms with van der Waals surface area (Å²) in [6, 6.07) is 12.5. The number of nitrogens with zero attached hydrogens (tertiary/aromatic N) is 1. The lowest BCUT2D eigenvalue weighted by Crippen LogP contribution is -2.32. The van der Waals surface area contributed by atoms with Gasteiger partial charge in [0.05, 0.1) is 17.5 Å². The molecule has 5 nitrogen and oxygen atoms in total. The number of aryl methyl sites for hydroxylation is 2. The normalized spacial score (nSPS) is 26.9. The third-order valence-electron chi connectivity index (χ3n) is 7.20. The van der Waals surface area contributed by atoms with E-state index in [1.807, 2.05) is 26.0 Å². The average molecular weight is 403 g/mol. The second-order valence-corrected chi connectivity index (χ2v) is 8.90. The molecule has 0 N–H and O–H groups in total. The molecule has 2 aromatic rings. The molecule has 5 heteroatoms. The molecule has 0 radical (unpaired) electrons. The van der Waals surface area contributed by atoms with E-state index in [1.165, 1.54) is 4.90 Å². The number of rotatable bonds is 5. The molecule has 3 fully saturated rings. The second-order valence-electron chi connectivity index (χ2n) is 8.90. The van der Waals surface area contributed by atoms with Crippen LogP contribution in [0, 0.1) is 37.5 Å². The molecule has 30 heavy (non-hydrogen) atoms. The quantitative estimate of drug-likeness (QED) is 0.557. The van der Waals surface area contributed by atoms with E-state index in [9.17, 15) is 14.4 Å². The number of carbonyl (C=O) groups excluding carboxylic acids is 3. The molecule has 154 valence electrons. The molecular formula is C25H25NO4. The van der Waals surface area contributed by atoms with Gasteiger partial charge in [0, 0.05) is 11.6 Å². The van der Waals surface area contributed by atoms with Crippen LogP contribution in [-0.4, -0.2) is 24.2 Å². The lowest BCUT2D eigenvalue weighted by Gasteiger charge is -2.19. The Hall–Kier alpha value is -2.95. The van der Waals surface area contributed by atoms with Crippen LogP contribution >= 0.6 is 0 Å². The van der Waals surface area contributed by atoms with Gasteiger partial charge in [-0.1, -0.05) is 18.2 Å². The van der Waals surface area contributed by atoms with Crippen molar-refractivity contribution in [2.45, 2.75) is 33.1 Å². The van der Waals surface area contributed by atoms with Gasteiger partial charge in [-0.3, -0.25) is 14.4 Å². The monoisotopic (exact) mass is 403 g/mol. The van der Waals surface area contributed by atoms with Gasteiger partial charge in [-0.05, 0) is 74.3 Å². The summed E-state index contributed by atoms with van der Waals surface area (Å²) in [5, 5.41) is 0. The average Bonchev–Trinajstić information content (AvgIpc) is 3.42. The number of amides is 2. The van der Waals surface area contributed by atoms with Gasteiger partial charge >= 0.3 is 0 Å². The van der Waals surface area contributed by atoms with Crippen LogP contribution < -0.4 is 9.64 Å². The minimum atomic E-state index is -0.146. The van der Waals surface area contributed by atoms with Gasteiger partial charge in [0.25, 0.3) is 0 Å². The Kier molecular flexibility index (Phi) is 4.49. The van der Waals surface area contributed by atoms with E-state index in [1.54, 1.807) is 30.3 Å². The van der Waals surface area contributed by atoms with Crippen molar-refractivity contribution in [2.24, 2.45) is 23.7 Å². The predicted molar refractivity (Wildman–Crippen MR) is 112 cm³/mol. The number of ketones is 1. The Labute approximate surface area is 176 Å². The topological polar surface area (TPSA) is 63.7 Å². The van der Waals surface area contributed by atoms with Gasteiger partial charge in [-0.2, -0.15) is 0 Å². The number of ether oxygens (including phenoxy) is 1. The van der Waals surface area contributed by atoms with Crippen LogP contribution in [0.1, 0.15) is 40.7 Å². The first kappa shape index (κ1) is 19.0. The van der Waals surface area contributed by atoms with Crippen molar-refractivity contribution in [3.05, 3.63) is 59.2 Å². The standard InChI is InChI=1S/C25H25NO4/c1-14-6-7-16(10-15(14)2)21(27)13-30-20-5-3-4-19(12-20)26-24(28)22-17-8-9-18(11-17)23(22)25(26)29/h3-7,10,12,17-18,22-23H,8-9,11,13H2,1-2H3/t17-,18+,22-,23+. The number of carbonyl (C=O) groups is 3. The number of fused-ring (bicyclic) bond motifs is 5. The van der Waals surface area contributed by atoms with Gasteiger partial charge in [0.1, 0.15) is 5.75 Å². The van der Waals surface area contributed by atoms with Crippen LogP contribution in [0.2, 0.25) is 0 Å². The van der Waals surface area contributed by atoms with Crippen molar-refractivity contribution in [1.29, 1.82) is 0 Å². The molecular weight excluding hydrogens is 378 g/mol. The fraction of sp³-hybridized carbons (Fsp3) is 0.400. The SMILES string of the molecule is Cc1ccc(C(=O)COc2cccc(N3C(=O)[C@@H]4[C@@H]5CC[C@@H](C5)[C@@H]4C3=O)c2)cc1C. The Morgan fingerprint density at radius 2 is 1.67 bits per heavy atom. The highest BCUT2D eigenvalue weighted by molar-refractivity contribution is 6.22. The number of imide groups is 1. The molecule has 2 aliphatic carbocycles. The van der Waals surface area contributed by atoms with Crippen LogP contribution in [0.5, 0.6) is 5.75 Å². The first-order valence-corrected chi connectivity index (χ1v) is 10.6. The zero-order valence-corrected chi connectivity index (χ0v) is 17.3. The van der Waals surface area contributed by atoms with Gasteiger partial charge < -0.3 is 4.74 Å². The number of anilines is 1. The first-order chi connectivity index (χ1) is 14.4. The molecule has 4 atom stereocenters. The minimum Gasteiger partial charge on any atom is -0.485 e. The van der Waals surface area contributed by atoms with E-state index in [0.717, 1.165) is 30.4 Å². The maximum Gasteiger partial charge on any atom is 0.237 e. The molecule has 0 aromatic heterocycles. The molecule has 3 aliphatic rings. The fourth-order valence-corrected chi connectivity index (χ4v) is 5.52. The molecule has 5 rings (SSSR count). The Morgan fingerprint density at radius 3 is 2.33 bits per heavy atom. The van der Waals surface area contributed by atoms with E-state index >= 15 is 0 Å². The van der Waals surface area contributed by atoms with E-state index in [4.69, 9.17) is 4.74 Å². The highest BCUT2D eigenvalue weighted by Gasteiger charge is 2.61. The molecule has 1 saturated heterocycles. The van der Waals surface area contributed by atoms with Crippen LogP contribution in [0.25, 0.3) is 0 Å². The van der Waals surface area contributed by atoms with Crippen LogP contribution in [0.15, 0.2) is 42.5 Å². The minimum absolute atomic E-state index is 0.0689. The van der Waals surface area contributed by atoms with Crippen LogP contribution in [-0.2, 0) is 9.59 Å². The van der Waals surface area contributed by atoms with E-state index < -0.39 is 0 Å². The fourth-order valence-electron chi connectivity index (χ4n) is 5.52. The van der Waals surface area contributed by atoms with E-state index in [0.29, 0.717) is 28.8 Å². The number of hydrogen-bond donors (Lipinski definition) is 0. The summed E-state index contributed by atoms with van der Waals surface area (Å²) in [7, 11) is 0. The van der Waals surface area contributed by atoms with Gasteiger partial charge in [0.2, 0.25) is 11.8 Å². The van der Waals surface area contributed by atoms with Crippen molar-refractivity contribution in [1.82, 2.24) is 0 Å². The zero-order valence-electron chi connectivity index (χ0n) is 17.3.